The summed E-state index contributed by atoms with van der Waals surface area (Å²) in [7, 11) is 1.61. The first-order valence-corrected chi connectivity index (χ1v) is 10.2. The van der Waals surface area contributed by atoms with Crippen molar-refractivity contribution < 1.29 is 19.1 Å². The molecule has 2 aromatic carbocycles. The van der Waals surface area contributed by atoms with E-state index in [-0.39, 0.29) is 11.8 Å². The topological polar surface area (TPSA) is 67.9 Å². The zero-order valence-corrected chi connectivity index (χ0v) is 17.2. The number of hydrogen-bond donors (Lipinski definition) is 1. The predicted molar refractivity (Wildman–Crippen MR) is 114 cm³/mol. The number of hydrogen-bond acceptors (Lipinski definition) is 5. The summed E-state index contributed by atoms with van der Waals surface area (Å²) >= 11 is 1.47. The van der Waals surface area contributed by atoms with Crippen LogP contribution in [0.2, 0.25) is 0 Å². The number of fused-ring (bicyclic) bond motifs is 1. The van der Waals surface area contributed by atoms with Gasteiger partial charge in [-0.15, -0.1) is 11.3 Å². The molecular formula is C22H22N2O4S. The number of nitrogens with zero attached hydrogens (tertiary/aromatic N) is 1. The molecule has 0 unspecified atom stereocenters. The summed E-state index contributed by atoms with van der Waals surface area (Å²) in [5, 5.41) is 3.87. The van der Waals surface area contributed by atoms with Gasteiger partial charge in [0.15, 0.2) is 0 Å². The molecule has 2 heterocycles. The summed E-state index contributed by atoms with van der Waals surface area (Å²) in [6.07, 6.45) is 0. The van der Waals surface area contributed by atoms with Crippen LogP contribution in [0.4, 0.5) is 5.69 Å². The van der Waals surface area contributed by atoms with E-state index >= 15 is 0 Å². The van der Waals surface area contributed by atoms with Crippen molar-refractivity contribution in [2.45, 2.75) is 6.92 Å². The molecular weight excluding hydrogens is 388 g/mol. The smallest absolute Gasteiger partial charge is 0.264 e. The quantitative estimate of drug-likeness (QED) is 0.707. The second kappa shape index (κ2) is 8.23. The van der Waals surface area contributed by atoms with Gasteiger partial charge in [-0.05, 0) is 60.3 Å². The number of benzene rings is 2. The molecule has 2 amide bonds. The number of anilines is 1. The van der Waals surface area contributed by atoms with Crippen LogP contribution < -0.4 is 10.1 Å². The normalized spacial score (nSPS) is 14.1. The number of thiophene rings is 1. The molecule has 1 aliphatic rings. The monoisotopic (exact) mass is 410 g/mol. The SMILES string of the molecule is COc1ccc(C(=O)Nc2ccc3sc(C(=O)N4CCOCC4)cc3c2)cc1C. The van der Waals surface area contributed by atoms with Crippen LogP contribution in [-0.2, 0) is 4.74 Å². The molecule has 150 valence electrons. The summed E-state index contributed by atoms with van der Waals surface area (Å²) in [6, 6.07) is 12.9. The maximum absolute atomic E-state index is 12.7. The van der Waals surface area contributed by atoms with Crippen LogP contribution in [0.3, 0.4) is 0 Å². The van der Waals surface area contributed by atoms with Crippen LogP contribution in [-0.4, -0.2) is 50.1 Å². The number of morpholine rings is 1. The lowest BCUT2D eigenvalue weighted by Gasteiger charge is -2.26. The van der Waals surface area contributed by atoms with Crippen LogP contribution in [0.1, 0.15) is 25.6 Å². The number of amides is 2. The van der Waals surface area contributed by atoms with E-state index in [1.165, 1.54) is 11.3 Å². The minimum Gasteiger partial charge on any atom is -0.496 e. The number of aryl methyl sites for hydroxylation is 1. The molecule has 0 spiro atoms. The highest BCUT2D eigenvalue weighted by atomic mass is 32.1. The molecule has 1 N–H and O–H groups in total. The van der Waals surface area contributed by atoms with Crippen molar-refractivity contribution in [1.82, 2.24) is 4.90 Å². The number of carbonyl (C=O) groups excluding carboxylic acids is 2. The zero-order valence-electron chi connectivity index (χ0n) is 16.4. The molecule has 3 aromatic rings. The molecule has 7 heteroatoms. The van der Waals surface area contributed by atoms with E-state index in [0.29, 0.717) is 42.4 Å². The third-order valence-electron chi connectivity index (χ3n) is 4.94. The Balaban J connectivity index is 1.52. The van der Waals surface area contributed by atoms with E-state index < -0.39 is 0 Å². The summed E-state index contributed by atoms with van der Waals surface area (Å²) in [5.41, 5.74) is 2.16. The molecule has 0 atom stereocenters. The molecule has 1 aromatic heterocycles. The number of nitrogens with one attached hydrogen (secondary N) is 1. The van der Waals surface area contributed by atoms with E-state index in [1.807, 2.05) is 36.1 Å². The molecule has 6 nitrogen and oxygen atoms in total. The average Bonchev–Trinajstić information content (AvgIpc) is 3.17. The van der Waals surface area contributed by atoms with E-state index in [1.54, 1.807) is 25.3 Å². The van der Waals surface area contributed by atoms with Gasteiger partial charge in [0.25, 0.3) is 11.8 Å². The van der Waals surface area contributed by atoms with Crippen LogP contribution in [0, 0.1) is 6.92 Å². The second-order valence-corrected chi connectivity index (χ2v) is 7.99. The Kier molecular flexibility index (Phi) is 5.51. The Morgan fingerprint density at radius 3 is 2.62 bits per heavy atom. The van der Waals surface area contributed by atoms with Crippen molar-refractivity contribution in [2.24, 2.45) is 0 Å². The van der Waals surface area contributed by atoms with Crippen LogP contribution >= 0.6 is 11.3 Å². The van der Waals surface area contributed by atoms with E-state index in [0.717, 1.165) is 21.4 Å². The Hall–Kier alpha value is -2.90. The molecule has 1 saturated heterocycles. The fraction of sp³-hybridized carbons (Fsp3) is 0.273. The molecule has 0 saturated carbocycles. The third-order valence-corrected chi connectivity index (χ3v) is 6.04. The van der Waals surface area contributed by atoms with Gasteiger partial charge < -0.3 is 19.7 Å². The van der Waals surface area contributed by atoms with Gasteiger partial charge in [0.1, 0.15) is 5.75 Å². The minimum atomic E-state index is -0.185. The molecule has 4 rings (SSSR count). The zero-order chi connectivity index (χ0) is 20.4. The van der Waals surface area contributed by atoms with Gasteiger partial charge in [0.05, 0.1) is 25.2 Å². The van der Waals surface area contributed by atoms with E-state index in [4.69, 9.17) is 9.47 Å². The van der Waals surface area contributed by atoms with Gasteiger partial charge >= 0.3 is 0 Å². The van der Waals surface area contributed by atoms with Crippen LogP contribution in [0.5, 0.6) is 5.75 Å². The van der Waals surface area contributed by atoms with Gasteiger partial charge in [0.2, 0.25) is 0 Å². The van der Waals surface area contributed by atoms with Crippen molar-refractivity contribution in [3.05, 3.63) is 58.5 Å². The minimum absolute atomic E-state index is 0.0359. The highest BCUT2D eigenvalue weighted by Gasteiger charge is 2.20. The van der Waals surface area contributed by atoms with Gasteiger partial charge in [-0.2, -0.15) is 0 Å². The van der Waals surface area contributed by atoms with Crippen molar-refractivity contribution in [1.29, 1.82) is 0 Å². The van der Waals surface area contributed by atoms with E-state index in [9.17, 15) is 9.59 Å². The summed E-state index contributed by atoms with van der Waals surface area (Å²) < 4.78 is 11.6. The van der Waals surface area contributed by atoms with Crippen molar-refractivity contribution in [3.63, 3.8) is 0 Å². The first-order valence-electron chi connectivity index (χ1n) is 9.42. The molecule has 1 aliphatic heterocycles. The fourth-order valence-corrected chi connectivity index (χ4v) is 4.38. The predicted octanol–water partition coefficient (Wildman–Crippen LogP) is 3.94. The maximum atomic E-state index is 12.7. The Morgan fingerprint density at radius 1 is 1.10 bits per heavy atom. The summed E-state index contributed by atoms with van der Waals surface area (Å²) in [4.78, 5) is 27.8. The lowest BCUT2D eigenvalue weighted by molar-refractivity contribution is 0.0306. The number of methoxy groups -OCH3 is 1. The molecule has 29 heavy (non-hydrogen) atoms. The van der Waals surface area contributed by atoms with Gasteiger partial charge in [-0.25, -0.2) is 0 Å². The largest absolute Gasteiger partial charge is 0.496 e. The number of rotatable bonds is 4. The second-order valence-electron chi connectivity index (χ2n) is 6.91. The standard InChI is InChI=1S/C22H22N2O4S/c1-14-11-15(3-5-18(14)27-2)21(25)23-17-4-6-19-16(12-17)13-20(29-19)22(26)24-7-9-28-10-8-24/h3-6,11-13H,7-10H2,1-2H3,(H,23,25). The Bertz CT molecular complexity index is 1070. The van der Waals surface area contributed by atoms with Crippen molar-refractivity contribution >= 4 is 38.9 Å². The lowest BCUT2D eigenvalue weighted by Crippen LogP contribution is -2.40. The highest BCUT2D eigenvalue weighted by molar-refractivity contribution is 7.20. The van der Waals surface area contributed by atoms with Gasteiger partial charge in [-0.1, -0.05) is 0 Å². The third kappa shape index (κ3) is 4.11. The van der Waals surface area contributed by atoms with Crippen molar-refractivity contribution in [3.8, 4) is 5.75 Å². The summed E-state index contributed by atoms with van der Waals surface area (Å²) in [5.74, 6) is 0.599. The highest BCUT2D eigenvalue weighted by Crippen LogP contribution is 2.29. The number of ether oxygens (including phenoxy) is 2. The molecule has 1 fully saturated rings. The number of carbonyl (C=O) groups is 2. The first-order chi connectivity index (χ1) is 14.0. The molecule has 0 radical (unpaired) electrons. The lowest BCUT2D eigenvalue weighted by atomic mass is 10.1. The van der Waals surface area contributed by atoms with Crippen molar-refractivity contribution in [2.75, 3.05) is 38.7 Å². The molecule has 0 bridgehead atoms. The maximum Gasteiger partial charge on any atom is 0.264 e. The molecule has 0 aliphatic carbocycles. The van der Waals surface area contributed by atoms with Gasteiger partial charge in [-0.3, -0.25) is 9.59 Å². The fourth-order valence-electron chi connectivity index (χ4n) is 3.37. The Labute approximate surface area is 173 Å². The Morgan fingerprint density at radius 2 is 1.90 bits per heavy atom. The average molecular weight is 410 g/mol. The summed E-state index contributed by atoms with van der Waals surface area (Å²) in [6.45, 7) is 4.31. The van der Waals surface area contributed by atoms with Crippen LogP contribution in [0.25, 0.3) is 10.1 Å². The van der Waals surface area contributed by atoms with Crippen LogP contribution in [0.15, 0.2) is 42.5 Å². The first kappa shape index (κ1) is 19.4. The van der Waals surface area contributed by atoms with E-state index in [2.05, 4.69) is 5.32 Å². The van der Waals surface area contributed by atoms with Gasteiger partial charge in [0, 0.05) is 29.0 Å².